The molecule has 0 radical (unpaired) electrons. The third-order valence-electron chi connectivity index (χ3n) is 4.71. The summed E-state index contributed by atoms with van der Waals surface area (Å²) < 4.78 is 1.56. The van der Waals surface area contributed by atoms with E-state index >= 15 is 0 Å². The standard InChI is InChI=1S/C21H17.Zr/c1-2-8-19-17-11-5-6-12-18(17)20-14-7-13-16(21(19)20)15-9-3-4-10-15;/h2-3,5-7,9,11-14,19H,1,4,8H2;. The van der Waals surface area contributed by atoms with Gasteiger partial charge in [0.1, 0.15) is 0 Å². The van der Waals surface area contributed by atoms with Crippen LogP contribution in [0.5, 0.6) is 0 Å². The molecule has 2 aliphatic carbocycles. The van der Waals surface area contributed by atoms with Gasteiger partial charge in [-0.15, -0.1) is 0 Å². The van der Waals surface area contributed by atoms with Gasteiger partial charge in [0.2, 0.25) is 0 Å². The molecule has 0 heterocycles. The topological polar surface area (TPSA) is 0 Å². The van der Waals surface area contributed by atoms with Gasteiger partial charge in [0.25, 0.3) is 0 Å². The van der Waals surface area contributed by atoms with Crippen LogP contribution in [0.4, 0.5) is 0 Å². The Bertz CT molecular complexity index is 824. The second kappa shape index (κ2) is 5.63. The SMILES string of the molecule is C=CCC1c2ccccc2-c2cccc(C3=[C]([Zr])CC=C3)c21. The molecule has 2 aromatic carbocycles. The molecule has 22 heavy (non-hydrogen) atoms. The van der Waals surface area contributed by atoms with Crippen LogP contribution in [0.15, 0.2) is 70.6 Å². The summed E-state index contributed by atoms with van der Waals surface area (Å²) in [5.41, 5.74) is 8.66. The summed E-state index contributed by atoms with van der Waals surface area (Å²) in [6.45, 7) is 3.99. The Balaban J connectivity index is 1.99. The number of rotatable bonds is 3. The van der Waals surface area contributed by atoms with Crippen molar-refractivity contribution in [3.63, 3.8) is 0 Å². The van der Waals surface area contributed by atoms with Gasteiger partial charge < -0.3 is 0 Å². The zero-order valence-corrected chi connectivity index (χ0v) is 14.9. The van der Waals surface area contributed by atoms with Crippen LogP contribution in [0.1, 0.15) is 35.4 Å². The van der Waals surface area contributed by atoms with Crippen molar-refractivity contribution in [2.24, 2.45) is 0 Å². The molecule has 1 atom stereocenters. The van der Waals surface area contributed by atoms with E-state index in [9.17, 15) is 0 Å². The summed E-state index contributed by atoms with van der Waals surface area (Å²) in [7, 11) is 0. The maximum atomic E-state index is 3.99. The van der Waals surface area contributed by atoms with E-state index in [1.807, 2.05) is 0 Å². The van der Waals surface area contributed by atoms with Crippen LogP contribution in [0.2, 0.25) is 0 Å². The number of fused-ring (bicyclic) bond motifs is 3. The molecule has 4 rings (SSSR count). The predicted octanol–water partition coefficient (Wildman–Crippen LogP) is 5.59. The van der Waals surface area contributed by atoms with Gasteiger partial charge in [-0.3, -0.25) is 0 Å². The predicted molar refractivity (Wildman–Crippen MR) is 89.2 cm³/mol. The van der Waals surface area contributed by atoms with E-state index in [-0.39, 0.29) is 0 Å². The van der Waals surface area contributed by atoms with Crippen molar-refractivity contribution >= 4 is 5.57 Å². The first-order valence-electron chi connectivity index (χ1n) is 7.76. The van der Waals surface area contributed by atoms with Gasteiger partial charge >= 0.3 is 147 Å². The van der Waals surface area contributed by atoms with Gasteiger partial charge in [0.15, 0.2) is 0 Å². The molecule has 0 aromatic heterocycles. The van der Waals surface area contributed by atoms with Crippen molar-refractivity contribution in [1.82, 2.24) is 0 Å². The molecule has 105 valence electrons. The summed E-state index contributed by atoms with van der Waals surface area (Å²) in [4.78, 5) is 0. The van der Waals surface area contributed by atoms with Crippen LogP contribution in [0.3, 0.4) is 0 Å². The Labute approximate surface area is 147 Å². The third-order valence-corrected chi connectivity index (χ3v) is 5.87. The van der Waals surface area contributed by atoms with E-state index in [2.05, 4.69) is 67.3 Å². The van der Waals surface area contributed by atoms with Gasteiger partial charge in [-0.1, -0.05) is 0 Å². The first kappa shape index (κ1) is 14.2. The van der Waals surface area contributed by atoms with Crippen LogP contribution >= 0.6 is 0 Å². The van der Waals surface area contributed by atoms with Crippen molar-refractivity contribution in [2.45, 2.75) is 18.8 Å². The van der Waals surface area contributed by atoms with Gasteiger partial charge in [-0.25, -0.2) is 0 Å². The Hall–Kier alpha value is -1.46. The minimum atomic E-state index is 0.449. The first-order chi connectivity index (χ1) is 10.8. The Morgan fingerprint density at radius 2 is 1.82 bits per heavy atom. The molecule has 0 amide bonds. The molecular weight excluding hydrogens is 343 g/mol. The molecule has 0 aliphatic heterocycles. The minimum absolute atomic E-state index is 0.449. The zero-order valence-electron chi connectivity index (χ0n) is 12.5. The Kier molecular flexibility index (Phi) is 3.62. The molecule has 0 nitrogen and oxygen atoms in total. The number of hydrogen-bond acceptors (Lipinski definition) is 0. The van der Waals surface area contributed by atoms with E-state index in [0.29, 0.717) is 5.92 Å². The fourth-order valence-electron chi connectivity index (χ4n) is 3.78. The molecule has 0 spiro atoms. The monoisotopic (exact) mass is 359 g/mol. The van der Waals surface area contributed by atoms with Crippen molar-refractivity contribution in [2.75, 3.05) is 0 Å². The number of hydrogen-bond donors (Lipinski definition) is 0. The molecule has 1 unspecified atom stereocenters. The number of allylic oxidation sites excluding steroid dienone is 5. The van der Waals surface area contributed by atoms with E-state index in [1.165, 1.54) is 58.1 Å². The molecule has 0 saturated carbocycles. The van der Waals surface area contributed by atoms with Crippen molar-refractivity contribution < 1.29 is 24.7 Å². The van der Waals surface area contributed by atoms with E-state index in [0.717, 1.165) is 12.8 Å². The molecule has 0 bridgehead atoms. The average molecular weight is 361 g/mol. The fourth-order valence-corrected chi connectivity index (χ4v) is 4.61. The molecule has 1 heteroatoms. The first-order valence-corrected chi connectivity index (χ1v) is 8.99. The summed E-state index contributed by atoms with van der Waals surface area (Å²) in [5, 5.41) is 0. The molecule has 0 saturated heterocycles. The van der Waals surface area contributed by atoms with Crippen molar-refractivity contribution in [1.29, 1.82) is 0 Å². The van der Waals surface area contributed by atoms with Crippen LogP contribution in [-0.2, 0) is 24.7 Å². The summed E-state index contributed by atoms with van der Waals surface area (Å²) in [6, 6.07) is 15.6. The zero-order chi connectivity index (χ0) is 15.1. The van der Waals surface area contributed by atoms with Crippen LogP contribution < -0.4 is 0 Å². The van der Waals surface area contributed by atoms with Crippen molar-refractivity contribution in [3.05, 3.63) is 87.2 Å². The maximum absolute atomic E-state index is 3.99. The summed E-state index contributed by atoms with van der Waals surface area (Å²) >= 11 is 1.53. The van der Waals surface area contributed by atoms with E-state index in [1.54, 1.807) is 3.28 Å². The fraction of sp³-hybridized carbons (Fsp3) is 0.143. The number of benzene rings is 2. The van der Waals surface area contributed by atoms with Gasteiger partial charge in [0.05, 0.1) is 0 Å². The second-order valence-electron chi connectivity index (χ2n) is 5.93. The van der Waals surface area contributed by atoms with E-state index in [4.69, 9.17) is 0 Å². The second-order valence-corrected chi connectivity index (χ2v) is 7.41. The normalized spacial score (nSPS) is 18.4. The third kappa shape index (κ3) is 2.07. The van der Waals surface area contributed by atoms with Gasteiger partial charge in [-0.2, -0.15) is 0 Å². The van der Waals surface area contributed by atoms with Gasteiger partial charge in [-0.05, 0) is 0 Å². The van der Waals surface area contributed by atoms with Gasteiger partial charge in [0, 0.05) is 0 Å². The average Bonchev–Trinajstić information content (AvgIpc) is 3.10. The van der Waals surface area contributed by atoms with Crippen LogP contribution in [0, 0.1) is 0 Å². The van der Waals surface area contributed by atoms with Crippen molar-refractivity contribution in [3.8, 4) is 11.1 Å². The summed E-state index contributed by atoms with van der Waals surface area (Å²) in [5.74, 6) is 0.449. The van der Waals surface area contributed by atoms with Crippen LogP contribution in [0.25, 0.3) is 16.7 Å². The molecule has 2 aromatic rings. The summed E-state index contributed by atoms with van der Waals surface area (Å²) in [6.07, 6.45) is 8.79. The molecule has 0 fully saturated rings. The Morgan fingerprint density at radius 3 is 2.59 bits per heavy atom. The molecule has 0 N–H and O–H groups in total. The molecule has 2 aliphatic rings. The Morgan fingerprint density at radius 1 is 1.05 bits per heavy atom. The van der Waals surface area contributed by atoms with Crippen LogP contribution in [-0.4, -0.2) is 0 Å². The quantitative estimate of drug-likeness (QED) is 0.626. The molecular formula is C21H17Zr. The van der Waals surface area contributed by atoms with E-state index < -0.39 is 0 Å².